The van der Waals surface area contributed by atoms with Crippen LogP contribution < -0.4 is 5.32 Å². The molecule has 0 radical (unpaired) electrons. The normalized spacial score (nSPS) is 18.5. The fraction of sp³-hybridized carbons (Fsp3) is 0.615. The summed E-state index contributed by atoms with van der Waals surface area (Å²) in [6, 6.07) is 6.12. The number of hydrogen-bond acceptors (Lipinski definition) is 3. The summed E-state index contributed by atoms with van der Waals surface area (Å²) >= 11 is 0. The van der Waals surface area contributed by atoms with Crippen molar-refractivity contribution in [2.75, 3.05) is 0 Å². The Hall–Kier alpha value is -1.27. The maximum absolute atomic E-state index is 8.64. The van der Waals surface area contributed by atoms with Gasteiger partial charge in [0.25, 0.3) is 0 Å². The zero-order valence-corrected chi connectivity index (χ0v) is 9.70. The van der Waals surface area contributed by atoms with E-state index >= 15 is 0 Å². The van der Waals surface area contributed by atoms with Gasteiger partial charge in [-0.05, 0) is 37.8 Å². The highest BCUT2D eigenvalue weighted by Crippen LogP contribution is 2.27. The first-order chi connectivity index (χ1) is 7.79. The van der Waals surface area contributed by atoms with Gasteiger partial charge in [-0.15, -0.1) is 0 Å². The second kappa shape index (κ2) is 5.18. The average molecular weight is 218 g/mol. The van der Waals surface area contributed by atoms with Gasteiger partial charge in [0.1, 0.15) is 11.8 Å². The predicted molar refractivity (Wildman–Crippen MR) is 61.7 cm³/mol. The lowest BCUT2D eigenvalue weighted by Crippen LogP contribution is -2.31. The van der Waals surface area contributed by atoms with Crippen LogP contribution >= 0.6 is 0 Å². The van der Waals surface area contributed by atoms with Crippen molar-refractivity contribution in [2.24, 2.45) is 5.92 Å². The molecule has 1 fully saturated rings. The highest BCUT2D eigenvalue weighted by atomic mass is 16.3. The molecule has 0 amide bonds. The fourth-order valence-corrected chi connectivity index (χ4v) is 2.42. The van der Waals surface area contributed by atoms with E-state index in [0.29, 0.717) is 11.8 Å². The topological polar surface area (TPSA) is 49.0 Å². The molecule has 1 aliphatic rings. The Bertz CT molecular complexity index is 372. The molecule has 1 aromatic rings. The first-order valence-electron chi connectivity index (χ1n) is 6.02. The number of nitriles is 1. The summed E-state index contributed by atoms with van der Waals surface area (Å²) in [5.41, 5.74) is 0. The summed E-state index contributed by atoms with van der Waals surface area (Å²) in [6.45, 7) is 2.96. The standard InChI is InChI=1S/C13H18N2O/c1-10(11-4-2-3-5-11)15-9-13-7-6-12(8-14)16-13/h6-7,10-11,15H,2-5,9H2,1H3/t10-/m0/s1. The van der Waals surface area contributed by atoms with Gasteiger partial charge < -0.3 is 9.73 Å². The van der Waals surface area contributed by atoms with E-state index in [1.165, 1.54) is 25.7 Å². The smallest absolute Gasteiger partial charge is 0.203 e. The highest BCUT2D eigenvalue weighted by Gasteiger charge is 2.21. The van der Waals surface area contributed by atoms with Gasteiger partial charge in [0.2, 0.25) is 5.76 Å². The maximum atomic E-state index is 8.64. The molecule has 1 heterocycles. The molecule has 16 heavy (non-hydrogen) atoms. The molecule has 1 N–H and O–H groups in total. The van der Waals surface area contributed by atoms with Gasteiger partial charge >= 0.3 is 0 Å². The van der Waals surface area contributed by atoms with Crippen molar-refractivity contribution in [3.8, 4) is 6.07 Å². The molecule has 2 rings (SSSR count). The minimum Gasteiger partial charge on any atom is -0.449 e. The average Bonchev–Trinajstić information content (AvgIpc) is 2.96. The SMILES string of the molecule is C[C@H](NCc1ccc(C#N)o1)C1CCCC1. The van der Waals surface area contributed by atoms with E-state index in [2.05, 4.69) is 12.2 Å². The number of nitrogens with zero attached hydrogens (tertiary/aromatic N) is 1. The van der Waals surface area contributed by atoms with Crippen LogP contribution in [0.3, 0.4) is 0 Å². The van der Waals surface area contributed by atoms with Gasteiger partial charge in [-0.25, -0.2) is 0 Å². The van der Waals surface area contributed by atoms with Crippen molar-refractivity contribution in [3.05, 3.63) is 23.7 Å². The van der Waals surface area contributed by atoms with Crippen LogP contribution in [-0.4, -0.2) is 6.04 Å². The minimum absolute atomic E-state index is 0.394. The molecule has 0 spiro atoms. The van der Waals surface area contributed by atoms with Crippen LogP contribution in [0, 0.1) is 17.2 Å². The first kappa shape index (κ1) is 11.2. The summed E-state index contributed by atoms with van der Waals surface area (Å²) in [4.78, 5) is 0. The summed E-state index contributed by atoms with van der Waals surface area (Å²) in [5.74, 6) is 2.05. The van der Waals surface area contributed by atoms with Crippen molar-refractivity contribution >= 4 is 0 Å². The zero-order chi connectivity index (χ0) is 11.4. The first-order valence-corrected chi connectivity index (χ1v) is 6.02. The Morgan fingerprint density at radius 1 is 1.50 bits per heavy atom. The lowest BCUT2D eigenvalue weighted by atomic mass is 10.00. The third-order valence-corrected chi connectivity index (χ3v) is 3.48. The molecule has 0 unspecified atom stereocenters. The molecular weight excluding hydrogens is 200 g/mol. The summed E-state index contributed by atoms with van der Waals surface area (Å²) in [6.07, 6.45) is 5.43. The Morgan fingerprint density at radius 3 is 2.88 bits per heavy atom. The molecule has 0 bridgehead atoms. The van der Waals surface area contributed by atoms with Gasteiger partial charge in [0.15, 0.2) is 0 Å². The number of furan rings is 1. The molecule has 3 heteroatoms. The number of nitrogens with one attached hydrogen (secondary N) is 1. The second-order valence-corrected chi connectivity index (χ2v) is 4.59. The molecular formula is C13H18N2O. The van der Waals surface area contributed by atoms with Crippen molar-refractivity contribution in [1.29, 1.82) is 5.26 Å². The van der Waals surface area contributed by atoms with Crippen molar-refractivity contribution in [2.45, 2.75) is 45.2 Å². The van der Waals surface area contributed by atoms with Crippen LogP contribution in [0.2, 0.25) is 0 Å². The van der Waals surface area contributed by atoms with Crippen molar-refractivity contribution in [3.63, 3.8) is 0 Å². The largest absolute Gasteiger partial charge is 0.449 e. The Balaban J connectivity index is 1.80. The third kappa shape index (κ3) is 2.65. The predicted octanol–water partition coefficient (Wildman–Crippen LogP) is 2.82. The number of hydrogen-bond donors (Lipinski definition) is 1. The molecule has 0 saturated heterocycles. The minimum atomic E-state index is 0.394. The number of rotatable bonds is 4. The molecule has 1 aromatic heterocycles. The van der Waals surface area contributed by atoms with Crippen LogP contribution in [0.25, 0.3) is 0 Å². The lowest BCUT2D eigenvalue weighted by molar-refractivity contribution is 0.361. The Kier molecular flexibility index (Phi) is 3.63. The van der Waals surface area contributed by atoms with E-state index in [4.69, 9.17) is 9.68 Å². The zero-order valence-electron chi connectivity index (χ0n) is 9.70. The summed E-state index contributed by atoms with van der Waals surface area (Å²) in [5, 5.41) is 12.1. The van der Waals surface area contributed by atoms with E-state index in [-0.39, 0.29) is 0 Å². The highest BCUT2D eigenvalue weighted by molar-refractivity contribution is 5.18. The molecule has 1 aliphatic carbocycles. The van der Waals surface area contributed by atoms with Gasteiger partial charge in [0, 0.05) is 6.04 Å². The fourth-order valence-electron chi connectivity index (χ4n) is 2.42. The van der Waals surface area contributed by atoms with E-state index in [1.807, 2.05) is 12.1 Å². The molecule has 86 valence electrons. The third-order valence-electron chi connectivity index (χ3n) is 3.48. The van der Waals surface area contributed by atoms with Crippen molar-refractivity contribution < 1.29 is 4.42 Å². The van der Waals surface area contributed by atoms with Gasteiger partial charge in [-0.3, -0.25) is 0 Å². The molecule has 0 aromatic carbocycles. The second-order valence-electron chi connectivity index (χ2n) is 4.59. The molecule has 1 atom stereocenters. The molecule has 1 saturated carbocycles. The van der Waals surface area contributed by atoms with E-state index in [1.54, 1.807) is 6.07 Å². The quantitative estimate of drug-likeness (QED) is 0.845. The van der Waals surface area contributed by atoms with E-state index in [0.717, 1.165) is 18.2 Å². The van der Waals surface area contributed by atoms with Gasteiger partial charge in [-0.2, -0.15) is 5.26 Å². The van der Waals surface area contributed by atoms with Crippen LogP contribution in [-0.2, 0) is 6.54 Å². The Labute approximate surface area is 96.4 Å². The van der Waals surface area contributed by atoms with Crippen LogP contribution in [0.5, 0.6) is 0 Å². The van der Waals surface area contributed by atoms with Gasteiger partial charge in [-0.1, -0.05) is 12.8 Å². The Morgan fingerprint density at radius 2 is 2.25 bits per heavy atom. The van der Waals surface area contributed by atoms with Crippen molar-refractivity contribution in [1.82, 2.24) is 5.32 Å². The van der Waals surface area contributed by atoms with Crippen LogP contribution in [0.1, 0.15) is 44.1 Å². The van der Waals surface area contributed by atoms with E-state index < -0.39 is 0 Å². The molecule has 0 aliphatic heterocycles. The lowest BCUT2D eigenvalue weighted by Gasteiger charge is -2.19. The monoisotopic (exact) mass is 218 g/mol. The van der Waals surface area contributed by atoms with Crippen LogP contribution in [0.15, 0.2) is 16.5 Å². The van der Waals surface area contributed by atoms with Crippen LogP contribution in [0.4, 0.5) is 0 Å². The van der Waals surface area contributed by atoms with E-state index in [9.17, 15) is 0 Å². The summed E-state index contributed by atoms with van der Waals surface area (Å²) < 4.78 is 5.32. The summed E-state index contributed by atoms with van der Waals surface area (Å²) in [7, 11) is 0. The molecule has 3 nitrogen and oxygen atoms in total. The maximum Gasteiger partial charge on any atom is 0.203 e. The van der Waals surface area contributed by atoms with Gasteiger partial charge in [0.05, 0.1) is 6.54 Å².